The molecule has 1 saturated carbocycles. The third kappa shape index (κ3) is 8.24. The molecule has 0 spiro atoms. The number of nitrogens with zero attached hydrogens (tertiary/aromatic N) is 4. The van der Waals surface area contributed by atoms with E-state index in [1.807, 2.05) is 29.2 Å². The average molecular weight is 810 g/mol. The zero-order chi connectivity index (χ0) is 40.5. The van der Waals surface area contributed by atoms with Crippen LogP contribution in [0.15, 0.2) is 54.6 Å². The Balaban J connectivity index is 0.764. The molecule has 3 N–H and O–H groups in total. The van der Waals surface area contributed by atoms with Crippen molar-refractivity contribution in [2.24, 2.45) is 0 Å². The predicted octanol–water partition coefficient (Wildman–Crippen LogP) is 5.10. The van der Waals surface area contributed by atoms with Gasteiger partial charge in [-0.1, -0.05) is 11.6 Å². The second-order valence-electron chi connectivity index (χ2n) is 15.9. The van der Waals surface area contributed by atoms with Crippen LogP contribution in [0.1, 0.15) is 101 Å². The number of hydrogen-bond donors (Lipinski definition) is 3. The van der Waals surface area contributed by atoms with E-state index in [9.17, 15) is 24.0 Å². The van der Waals surface area contributed by atoms with Gasteiger partial charge in [-0.2, -0.15) is 5.26 Å². The Labute approximate surface area is 340 Å². The lowest BCUT2D eigenvalue weighted by atomic mass is 9.92. The molecule has 3 aromatic rings. The molecule has 1 unspecified atom stereocenters. The summed E-state index contributed by atoms with van der Waals surface area (Å²) in [6, 6.07) is 17.1. The van der Waals surface area contributed by atoms with E-state index in [4.69, 9.17) is 21.6 Å². The number of rotatable bonds is 9. The number of nitrogens with one attached hydrogen (secondary N) is 3. The van der Waals surface area contributed by atoms with Crippen molar-refractivity contribution in [3.8, 4) is 11.8 Å². The number of hydrogen-bond acceptors (Lipinski definition) is 10. The average Bonchev–Trinajstić information content (AvgIpc) is 3.46. The Morgan fingerprint density at radius 2 is 1.43 bits per heavy atom. The largest absolute Gasteiger partial charge is 0.490 e. The fraction of sp³-hybridized carbons (Fsp3) is 0.442. The van der Waals surface area contributed by atoms with Crippen molar-refractivity contribution in [2.45, 2.75) is 94.5 Å². The van der Waals surface area contributed by atoms with Crippen LogP contribution in [0.5, 0.6) is 5.75 Å². The van der Waals surface area contributed by atoms with Gasteiger partial charge in [0.2, 0.25) is 11.8 Å². The number of amides is 5. The number of halogens is 2. The van der Waals surface area contributed by atoms with Gasteiger partial charge in [-0.15, -0.1) is 0 Å². The molecule has 5 amide bonds. The lowest BCUT2D eigenvalue weighted by molar-refractivity contribution is -0.136. The van der Waals surface area contributed by atoms with Gasteiger partial charge >= 0.3 is 0 Å². The van der Waals surface area contributed by atoms with Gasteiger partial charge in [0.05, 0.1) is 33.5 Å². The quantitative estimate of drug-likeness (QED) is 0.248. The molecule has 3 saturated heterocycles. The minimum Gasteiger partial charge on any atom is -0.490 e. The summed E-state index contributed by atoms with van der Waals surface area (Å²) < 4.78 is 21.5. The predicted molar refractivity (Wildman–Crippen MR) is 213 cm³/mol. The van der Waals surface area contributed by atoms with Crippen molar-refractivity contribution < 1.29 is 33.1 Å². The number of fused-ring (bicyclic) bond motifs is 1. The smallest absolute Gasteiger partial charge is 0.262 e. The van der Waals surface area contributed by atoms with Gasteiger partial charge in [0.25, 0.3) is 17.7 Å². The Hall–Kier alpha value is -5.52. The first kappa shape index (κ1) is 39.3. The van der Waals surface area contributed by atoms with E-state index in [1.54, 1.807) is 18.2 Å². The molecule has 4 aliphatic heterocycles. The van der Waals surface area contributed by atoms with Crippen LogP contribution in [0.4, 0.5) is 15.8 Å². The van der Waals surface area contributed by atoms with Crippen LogP contribution in [0.3, 0.4) is 0 Å². The van der Waals surface area contributed by atoms with E-state index < -0.39 is 35.5 Å². The maximum absolute atomic E-state index is 15.4. The van der Waals surface area contributed by atoms with Crippen LogP contribution in [0.25, 0.3) is 0 Å². The van der Waals surface area contributed by atoms with E-state index in [1.165, 1.54) is 6.07 Å². The lowest BCUT2D eigenvalue weighted by Gasteiger charge is -2.39. The number of anilines is 2. The van der Waals surface area contributed by atoms with Crippen molar-refractivity contribution in [1.29, 1.82) is 5.26 Å². The van der Waals surface area contributed by atoms with Crippen LogP contribution >= 0.6 is 11.6 Å². The zero-order valence-electron chi connectivity index (χ0n) is 32.0. The molecule has 8 rings (SSSR count). The molecule has 5 aliphatic rings. The first-order chi connectivity index (χ1) is 28.0. The molecule has 302 valence electrons. The highest BCUT2D eigenvalue weighted by molar-refractivity contribution is 6.31. The molecule has 1 aliphatic carbocycles. The van der Waals surface area contributed by atoms with E-state index in [-0.39, 0.29) is 53.8 Å². The first-order valence-corrected chi connectivity index (χ1v) is 20.5. The molecule has 0 radical (unpaired) electrons. The van der Waals surface area contributed by atoms with Gasteiger partial charge in [0, 0.05) is 68.0 Å². The molecule has 4 fully saturated rings. The number of ether oxygens (including phenoxy) is 1. The van der Waals surface area contributed by atoms with E-state index >= 15 is 4.39 Å². The Morgan fingerprint density at radius 3 is 2.05 bits per heavy atom. The second-order valence-corrected chi connectivity index (χ2v) is 16.3. The van der Waals surface area contributed by atoms with Crippen molar-refractivity contribution >= 4 is 52.5 Å². The second kappa shape index (κ2) is 16.8. The molecule has 58 heavy (non-hydrogen) atoms. The molecule has 13 nitrogen and oxygen atoms in total. The van der Waals surface area contributed by atoms with Crippen LogP contribution < -0.4 is 30.5 Å². The van der Waals surface area contributed by atoms with Crippen molar-refractivity contribution in [3.05, 3.63) is 87.7 Å². The molecule has 1 atom stereocenters. The summed E-state index contributed by atoms with van der Waals surface area (Å²) in [6.45, 7) is 2.92. The highest BCUT2D eigenvalue weighted by Gasteiger charge is 2.45. The highest BCUT2D eigenvalue weighted by Crippen LogP contribution is 2.34. The van der Waals surface area contributed by atoms with Crippen molar-refractivity contribution in [2.75, 3.05) is 36.0 Å². The van der Waals surface area contributed by atoms with Gasteiger partial charge in [0.1, 0.15) is 23.7 Å². The number of piperidine rings is 3. The summed E-state index contributed by atoms with van der Waals surface area (Å²) >= 11 is 6.15. The maximum atomic E-state index is 15.4. The molecule has 0 aromatic heterocycles. The number of carbonyl (C=O) groups is 5. The summed E-state index contributed by atoms with van der Waals surface area (Å²) in [5.74, 6) is -2.54. The van der Waals surface area contributed by atoms with Crippen LogP contribution in [0.2, 0.25) is 5.02 Å². The standard InChI is InChI=1S/C43H45ClFN7O6/c44-35-21-32(8-3-26(35)24-46)58-31-9-4-27(5-10-31)48-40(54)25-1-6-30(7-2-25)50-17-13-28(14-18-50)47-29-15-19-51(20-16-29)38-23-34-33(22-36(38)45)42(56)52(43(34)57)37-11-12-39(53)49-41(37)55/h1-3,6-8,21-23,27-29,31,37,47H,4-5,9-20H2,(H,48,54)(H,49,53,55)/t27-,31-,37?. The van der Waals surface area contributed by atoms with Crippen molar-refractivity contribution in [3.63, 3.8) is 0 Å². The summed E-state index contributed by atoms with van der Waals surface area (Å²) in [5, 5.41) is 18.6. The highest BCUT2D eigenvalue weighted by atomic mass is 35.5. The van der Waals surface area contributed by atoms with Gasteiger partial charge < -0.3 is 25.2 Å². The molecule has 4 heterocycles. The molecule has 3 aromatic carbocycles. The first-order valence-electron chi connectivity index (χ1n) is 20.1. The molecular weight excluding hydrogens is 765 g/mol. The fourth-order valence-electron chi connectivity index (χ4n) is 8.92. The van der Waals surface area contributed by atoms with Crippen molar-refractivity contribution in [1.82, 2.24) is 20.9 Å². The van der Waals surface area contributed by atoms with Gasteiger partial charge in [-0.05, 0) is 106 Å². The van der Waals surface area contributed by atoms with Crippen LogP contribution in [-0.4, -0.2) is 90.9 Å². The molecular formula is C43H45ClFN7O6. The molecule has 0 bridgehead atoms. The summed E-state index contributed by atoms with van der Waals surface area (Å²) in [4.78, 5) is 68.6. The summed E-state index contributed by atoms with van der Waals surface area (Å²) in [7, 11) is 0. The van der Waals surface area contributed by atoms with E-state index in [0.29, 0.717) is 41.0 Å². The van der Waals surface area contributed by atoms with Crippen LogP contribution in [-0.2, 0) is 9.59 Å². The minimum atomic E-state index is -1.10. The van der Waals surface area contributed by atoms with E-state index in [2.05, 4.69) is 26.9 Å². The zero-order valence-corrected chi connectivity index (χ0v) is 32.7. The lowest BCUT2D eigenvalue weighted by Crippen LogP contribution is -2.54. The normalized spacial score (nSPS) is 23.1. The topological polar surface area (TPSA) is 164 Å². The number of carbonyl (C=O) groups excluding carboxylic acids is 5. The third-order valence-corrected chi connectivity index (χ3v) is 12.5. The van der Waals surface area contributed by atoms with E-state index in [0.717, 1.165) is 81.1 Å². The third-order valence-electron chi connectivity index (χ3n) is 12.2. The SMILES string of the molecule is N#Cc1ccc(O[C@H]2CC[C@H](NC(=O)c3ccc(N4CCC(NC5CCN(c6cc7c(cc6F)C(=O)N(C6CCC(=O)NC6=O)C7=O)CC5)CC4)cc3)CC2)cc1Cl. The Morgan fingerprint density at radius 1 is 0.793 bits per heavy atom. The number of imide groups is 2. The Kier molecular flexibility index (Phi) is 11.4. The van der Waals surface area contributed by atoms with Crippen LogP contribution in [0, 0.1) is 17.1 Å². The maximum Gasteiger partial charge on any atom is 0.262 e. The van der Waals surface area contributed by atoms with Gasteiger partial charge in [0.15, 0.2) is 0 Å². The molecule has 15 heteroatoms. The Bertz CT molecular complexity index is 2150. The van der Waals surface area contributed by atoms with Gasteiger partial charge in [-0.25, -0.2) is 4.39 Å². The fourth-order valence-corrected chi connectivity index (χ4v) is 9.13. The summed E-state index contributed by atoms with van der Waals surface area (Å²) in [5.41, 5.74) is 2.41. The monoisotopic (exact) mass is 809 g/mol. The minimum absolute atomic E-state index is 0.0168. The summed E-state index contributed by atoms with van der Waals surface area (Å²) in [6.07, 6.45) is 6.85. The number of nitriles is 1. The van der Waals surface area contributed by atoms with Gasteiger partial charge in [-0.3, -0.25) is 34.2 Å². The number of benzene rings is 3.